The number of sulfonamides is 1. The number of hydrogen-bond donors (Lipinski definition) is 0. The topological polar surface area (TPSA) is 108 Å². The van der Waals surface area contributed by atoms with E-state index in [-0.39, 0.29) is 48.0 Å². The van der Waals surface area contributed by atoms with Crippen molar-refractivity contribution in [3.05, 3.63) is 72.1 Å². The number of ether oxygens (including phenoxy) is 2. The summed E-state index contributed by atoms with van der Waals surface area (Å²) in [6.07, 6.45) is 1.43. The fourth-order valence-electron chi connectivity index (χ4n) is 3.81. The zero-order valence-corrected chi connectivity index (χ0v) is 22.6. The second-order valence-electron chi connectivity index (χ2n) is 8.79. The number of benzene rings is 2. The van der Waals surface area contributed by atoms with E-state index in [1.165, 1.54) is 29.3 Å². The number of rotatable bonds is 13. The molecule has 1 heterocycles. The maximum atomic E-state index is 13.4. The van der Waals surface area contributed by atoms with Crippen LogP contribution in [-0.2, 0) is 43.4 Å². The van der Waals surface area contributed by atoms with Crippen molar-refractivity contribution in [2.75, 3.05) is 27.4 Å². The Kier molecular flexibility index (Phi) is 9.29. The summed E-state index contributed by atoms with van der Waals surface area (Å²) in [4.78, 5) is 4.41. The summed E-state index contributed by atoms with van der Waals surface area (Å²) in [6.45, 7) is 4.54. The van der Waals surface area contributed by atoms with Gasteiger partial charge in [0.05, 0.1) is 42.8 Å². The lowest BCUT2D eigenvalue weighted by Crippen LogP contribution is -2.34. The molecule has 2 aromatic carbocycles. The van der Waals surface area contributed by atoms with E-state index in [0.717, 1.165) is 0 Å². The van der Waals surface area contributed by atoms with E-state index >= 15 is 0 Å². The van der Waals surface area contributed by atoms with Crippen molar-refractivity contribution < 1.29 is 26.3 Å². The fourth-order valence-corrected chi connectivity index (χ4v) is 6.91. The molecule has 36 heavy (non-hydrogen) atoms. The Morgan fingerprint density at radius 3 is 2.36 bits per heavy atom. The lowest BCUT2D eigenvalue weighted by molar-refractivity contribution is 0.182. The van der Waals surface area contributed by atoms with E-state index < -0.39 is 19.9 Å². The van der Waals surface area contributed by atoms with Gasteiger partial charge in [-0.05, 0) is 35.7 Å². The highest BCUT2D eigenvalue weighted by atomic mass is 32.2. The van der Waals surface area contributed by atoms with Crippen molar-refractivity contribution >= 4 is 19.9 Å². The van der Waals surface area contributed by atoms with Crippen LogP contribution in [0.15, 0.2) is 70.8 Å². The number of nitrogens with zero attached hydrogens (tertiary/aromatic N) is 3. The van der Waals surface area contributed by atoms with Crippen LogP contribution >= 0.6 is 0 Å². The summed E-state index contributed by atoms with van der Waals surface area (Å²) in [7, 11) is -4.63. The van der Waals surface area contributed by atoms with E-state index in [1.54, 1.807) is 54.6 Å². The van der Waals surface area contributed by atoms with Crippen molar-refractivity contribution in [1.29, 1.82) is 0 Å². The minimum atomic E-state index is -3.85. The molecule has 1 aromatic heterocycles. The van der Waals surface area contributed by atoms with E-state index in [0.29, 0.717) is 17.0 Å². The predicted octanol–water partition coefficient (Wildman–Crippen LogP) is 3.36. The molecule has 0 atom stereocenters. The molecule has 9 nitrogen and oxygen atoms in total. The number of imidazole rings is 1. The lowest BCUT2D eigenvalue weighted by atomic mass is 10.2. The molecule has 0 saturated carbocycles. The van der Waals surface area contributed by atoms with Gasteiger partial charge in [-0.1, -0.05) is 44.2 Å². The lowest BCUT2D eigenvalue weighted by Gasteiger charge is -2.24. The Morgan fingerprint density at radius 2 is 1.72 bits per heavy atom. The molecule has 0 bridgehead atoms. The van der Waals surface area contributed by atoms with Gasteiger partial charge in [-0.3, -0.25) is 0 Å². The first-order valence-corrected chi connectivity index (χ1v) is 14.6. The van der Waals surface area contributed by atoms with Gasteiger partial charge < -0.3 is 14.0 Å². The van der Waals surface area contributed by atoms with Crippen molar-refractivity contribution in [1.82, 2.24) is 13.9 Å². The van der Waals surface area contributed by atoms with Crippen LogP contribution in [0.1, 0.15) is 25.1 Å². The summed E-state index contributed by atoms with van der Waals surface area (Å²) in [6, 6.07) is 15.0. The van der Waals surface area contributed by atoms with Crippen LogP contribution in [0, 0.1) is 5.92 Å². The number of aromatic nitrogens is 2. The van der Waals surface area contributed by atoms with Gasteiger partial charge in [0.15, 0.2) is 0 Å². The molecule has 0 unspecified atom stereocenters. The summed E-state index contributed by atoms with van der Waals surface area (Å²) in [5, 5.41) is -0.126. The van der Waals surface area contributed by atoms with Gasteiger partial charge in [-0.25, -0.2) is 21.8 Å². The number of hydrogen-bond acceptors (Lipinski definition) is 7. The van der Waals surface area contributed by atoms with Crippen LogP contribution in [0.4, 0.5) is 0 Å². The third-order valence-corrected chi connectivity index (χ3v) is 8.90. The minimum Gasteiger partial charge on any atom is -0.497 e. The summed E-state index contributed by atoms with van der Waals surface area (Å²) >= 11 is 0. The van der Waals surface area contributed by atoms with Crippen LogP contribution in [0.25, 0.3) is 0 Å². The van der Waals surface area contributed by atoms with Crippen LogP contribution in [0.2, 0.25) is 0 Å². The Hall–Kier alpha value is -2.73. The van der Waals surface area contributed by atoms with E-state index in [9.17, 15) is 16.8 Å². The first-order valence-electron chi connectivity index (χ1n) is 11.5. The molecule has 196 valence electrons. The van der Waals surface area contributed by atoms with Crippen LogP contribution in [0.5, 0.6) is 5.75 Å². The molecule has 0 fully saturated rings. The zero-order valence-electron chi connectivity index (χ0n) is 21.0. The Labute approximate surface area is 213 Å². The molecule has 0 spiro atoms. The molecule has 0 aliphatic carbocycles. The minimum absolute atomic E-state index is 0.0270. The SMILES string of the molecule is COCCn1c(CN(CC(C)C)S(=O)(=O)c2ccccc2)cnc1S(=O)(=O)Cc1cccc(OC)c1. The Bertz CT molecular complexity index is 1350. The highest BCUT2D eigenvalue weighted by molar-refractivity contribution is 7.90. The van der Waals surface area contributed by atoms with Gasteiger partial charge >= 0.3 is 0 Å². The molecule has 0 saturated heterocycles. The zero-order chi connectivity index (χ0) is 26.3. The van der Waals surface area contributed by atoms with E-state index in [2.05, 4.69) is 4.98 Å². The van der Waals surface area contributed by atoms with Crippen molar-refractivity contribution in [2.24, 2.45) is 5.92 Å². The predicted molar refractivity (Wildman–Crippen MR) is 137 cm³/mol. The Balaban J connectivity index is 1.99. The third kappa shape index (κ3) is 6.73. The van der Waals surface area contributed by atoms with Gasteiger partial charge in [0.1, 0.15) is 5.75 Å². The monoisotopic (exact) mass is 535 g/mol. The van der Waals surface area contributed by atoms with Crippen molar-refractivity contribution in [2.45, 2.75) is 42.7 Å². The van der Waals surface area contributed by atoms with Gasteiger partial charge in [-0.2, -0.15) is 4.31 Å². The molecule has 11 heteroatoms. The first kappa shape index (κ1) is 27.9. The maximum absolute atomic E-state index is 13.4. The third-order valence-electron chi connectivity index (χ3n) is 5.48. The normalized spacial score (nSPS) is 12.4. The average Bonchev–Trinajstić information content (AvgIpc) is 3.25. The van der Waals surface area contributed by atoms with Gasteiger partial charge in [0.2, 0.25) is 25.0 Å². The van der Waals surface area contributed by atoms with Gasteiger partial charge in [0.25, 0.3) is 0 Å². The molecule has 0 radical (unpaired) electrons. The molecular weight excluding hydrogens is 502 g/mol. The average molecular weight is 536 g/mol. The molecule has 0 N–H and O–H groups in total. The highest BCUT2D eigenvalue weighted by Gasteiger charge is 2.29. The van der Waals surface area contributed by atoms with Crippen molar-refractivity contribution in [3.8, 4) is 5.75 Å². The second-order valence-corrected chi connectivity index (χ2v) is 12.6. The van der Waals surface area contributed by atoms with Gasteiger partial charge in [0, 0.05) is 20.2 Å². The second kappa shape index (κ2) is 12.0. The molecule has 3 aromatic rings. The van der Waals surface area contributed by atoms with Crippen molar-refractivity contribution in [3.63, 3.8) is 0 Å². The van der Waals surface area contributed by atoms with Crippen LogP contribution in [-0.4, -0.2) is 58.1 Å². The molecule has 3 rings (SSSR count). The number of methoxy groups -OCH3 is 2. The quantitative estimate of drug-likeness (QED) is 0.330. The van der Waals surface area contributed by atoms with E-state index in [4.69, 9.17) is 9.47 Å². The largest absolute Gasteiger partial charge is 0.497 e. The molecule has 0 aliphatic rings. The maximum Gasteiger partial charge on any atom is 0.243 e. The van der Waals surface area contributed by atoms with Gasteiger partial charge in [-0.15, -0.1) is 0 Å². The summed E-state index contributed by atoms with van der Waals surface area (Å²) in [5.41, 5.74) is 1.03. The Morgan fingerprint density at radius 1 is 1.00 bits per heavy atom. The molecule has 0 aliphatic heterocycles. The van der Waals surface area contributed by atoms with E-state index in [1.807, 2.05) is 13.8 Å². The summed E-state index contributed by atoms with van der Waals surface area (Å²) in [5.74, 6) is 0.336. The molecule has 0 amide bonds. The first-order chi connectivity index (χ1) is 17.1. The van der Waals surface area contributed by atoms with Crippen LogP contribution in [0.3, 0.4) is 0 Å². The fraction of sp³-hybridized carbons (Fsp3) is 0.400. The number of sulfone groups is 1. The summed E-state index contributed by atoms with van der Waals surface area (Å²) < 4.78 is 67.0. The highest BCUT2D eigenvalue weighted by Crippen LogP contribution is 2.24. The standard InChI is InChI=1S/C25H33N3O6S2/c1-20(2)17-27(36(31,32)24-11-6-5-7-12-24)18-22-16-26-25(28(22)13-14-33-3)35(29,30)19-21-9-8-10-23(15-21)34-4/h5-12,15-16,20H,13-14,17-19H2,1-4H3. The van der Waals surface area contributed by atoms with Crippen LogP contribution < -0.4 is 4.74 Å². The molecular formula is C25H33N3O6S2. The smallest absolute Gasteiger partial charge is 0.243 e.